The van der Waals surface area contributed by atoms with Gasteiger partial charge < -0.3 is 5.11 Å². The molecule has 0 heterocycles. The molecule has 0 radical (unpaired) electrons. The van der Waals surface area contributed by atoms with Crippen LogP contribution in [0.4, 0.5) is 0 Å². The molecule has 1 N–H and O–H groups in total. The van der Waals surface area contributed by atoms with Gasteiger partial charge in [0.05, 0.1) is 11.5 Å². The Labute approximate surface area is 129 Å². The van der Waals surface area contributed by atoms with Crippen molar-refractivity contribution in [3.8, 4) is 0 Å². The van der Waals surface area contributed by atoms with E-state index in [2.05, 4.69) is 0 Å². The van der Waals surface area contributed by atoms with E-state index in [4.69, 9.17) is 15.8 Å². The number of hydrogen-bond donors (Lipinski definition) is 1. The molecule has 112 valence electrons. The number of benzene rings is 2. The van der Waals surface area contributed by atoms with E-state index in [1.54, 1.807) is 36.4 Å². The minimum atomic E-state index is -3.87. The number of rotatable bonds is 5. The summed E-state index contributed by atoms with van der Waals surface area (Å²) in [6.07, 6.45) is -1.04. The molecule has 21 heavy (non-hydrogen) atoms. The third kappa shape index (κ3) is 4.28. The number of aliphatic hydroxyl groups is 1. The Balaban J connectivity index is 2.04. The Hall–Kier alpha value is -1.40. The normalized spacial score (nSPS) is 13.1. The van der Waals surface area contributed by atoms with Gasteiger partial charge >= 0.3 is 0 Å². The SMILES string of the molecule is Cc1ccc(S(=O)(=O)OCC(O)c2ccc(Cl)cc2)cc1. The number of halogens is 1. The Morgan fingerprint density at radius 2 is 1.67 bits per heavy atom. The van der Waals surface area contributed by atoms with E-state index in [1.807, 2.05) is 6.92 Å². The lowest BCUT2D eigenvalue weighted by Crippen LogP contribution is -2.13. The molecule has 2 rings (SSSR count). The summed E-state index contributed by atoms with van der Waals surface area (Å²) in [7, 11) is -3.87. The van der Waals surface area contributed by atoms with Gasteiger partial charge in [0.15, 0.2) is 0 Å². The van der Waals surface area contributed by atoms with Crippen molar-refractivity contribution in [3.05, 3.63) is 64.7 Å². The average molecular weight is 327 g/mol. The summed E-state index contributed by atoms with van der Waals surface area (Å²) in [6.45, 7) is 1.51. The summed E-state index contributed by atoms with van der Waals surface area (Å²) in [6, 6.07) is 12.8. The fraction of sp³-hybridized carbons (Fsp3) is 0.200. The highest BCUT2D eigenvalue weighted by Crippen LogP contribution is 2.19. The van der Waals surface area contributed by atoms with Crippen LogP contribution >= 0.6 is 11.6 Å². The lowest BCUT2D eigenvalue weighted by molar-refractivity contribution is 0.111. The fourth-order valence-corrected chi connectivity index (χ4v) is 2.75. The zero-order valence-electron chi connectivity index (χ0n) is 11.4. The van der Waals surface area contributed by atoms with E-state index in [1.165, 1.54) is 12.1 Å². The first-order valence-corrected chi connectivity index (χ1v) is 8.07. The second-order valence-electron chi connectivity index (χ2n) is 4.62. The molecule has 1 atom stereocenters. The molecule has 0 aliphatic rings. The maximum Gasteiger partial charge on any atom is 0.297 e. The van der Waals surface area contributed by atoms with E-state index in [0.717, 1.165) is 5.56 Å². The third-order valence-electron chi connectivity index (χ3n) is 2.95. The van der Waals surface area contributed by atoms with Crippen LogP contribution in [0, 0.1) is 6.92 Å². The molecule has 6 heteroatoms. The van der Waals surface area contributed by atoms with Gasteiger partial charge in [0, 0.05) is 5.02 Å². The number of aryl methyl sites for hydroxylation is 1. The second kappa shape index (κ2) is 6.58. The first-order valence-electron chi connectivity index (χ1n) is 6.28. The summed E-state index contributed by atoms with van der Waals surface area (Å²) >= 11 is 5.75. The molecule has 4 nitrogen and oxygen atoms in total. The first kappa shape index (κ1) is 16.0. The van der Waals surface area contributed by atoms with Gasteiger partial charge in [-0.05, 0) is 36.8 Å². The molecule has 0 saturated heterocycles. The van der Waals surface area contributed by atoms with Gasteiger partial charge in [-0.25, -0.2) is 0 Å². The highest BCUT2D eigenvalue weighted by atomic mass is 35.5. The number of hydrogen-bond acceptors (Lipinski definition) is 4. The molecule has 0 aliphatic carbocycles. The Morgan fingerprint density at radius 1 is 1.10 bits per heavy atom. The van der Waals surface area contributed by atoms with Gasteiger partial charge in [-0.2, -0.15) is 8.42 Å². The Bertz CT molecular complexity index is 693. The predicted molar refractivity (Wildman–Crippen MR) is 80.7 cm³/mol. The van der Waals surface area contributed by atoms with E-state index < -0.39 is 16.2 Å². The lowest BCUT2D eigenvalue weighted by Gasteiger charge is -2.12. The Morgan fingerprint density at radius 3 is 2.24 bits per heavy atom. The van der Waals surface area contributed by atoms with Crippen molar-refractivity contribution in [1.82, 2.24) is 0 Å². The van der Waals surface area contributed by atoms with Crippen molar-refractivity contribution in [2.24, 2.45) is 0 Å². The number of aliphatic hydroxyl groups excluding tert-OH is 1. The van der Waals surface area contributed by atoms with Crippen molar-refractivity contribution < 1.29 is 17.7 Å². The topological polar surface area (TPSA) is 63.6 Å². The third-order valence-corrected chi connectivity index (χ3v) is 4.49. The van der Waals surface area contributed by atoms with Crippen molar-refractivity contribution in [2.45, 2.75) is 17.9 Å². The second-order valence-corrected chi connectivity index (χ2v) is 6.67. The largest absolute Gasteiger partial charge is 0.386 e. The van der Waals surface area contributed by atoms with E-state index in [9.17, 15) is 13.5 Å². The predicted octanol–water partition coefficient (Wildman–Crippen LogP) is 3.09. The maximum absolute atomic E-state index is 12.0. The zero-order valence-corrected chi connectivity index (χ0v) is 12.9. The van der Waals surface area contributed by atoms with Crippen LogP contribution in [-0.4, -0.2) is 20.1 Å². The van der Waals surface area contributed by atoms with E-state index >= 15 is 0 Å². The molecule has 2 aromatic carbocycles. The van der Waals surface area contributed by atoms with Crippen LogP contribution in [0.1, 0.15) is 17.2 Å². The van der Waals surface area contributed by atoms with Crippen molar-refractivity contribution in [3.63, 3.8) is 0 Å². The van der Waals surface area contributed by atoms with Gasteiger partial charge in [0.1, 0.15) is 6.10 Å². The molecule has 0 bridgehead atoms. The van der Waals surface area contributed by atoms with E-state index in [-0.39, 0.29) is 11.5 Å². The van der Waals surface area contributed by atoms with Crippen molar-refractivity contribution in [2.75, 3.05) is 6.61 Å². The van der Waals surface area contributed by atoms with Crippen LogP contribution in [0.25, 0.3) is 0 Å². The highest BCUT2D eigenvalue weighted by molar-refractivity contribution is 7.86. The molecule has 0 fully saturated rings. The van der Waals surface area contributed by atoms with Crippen molar-refractivity contribution in [1.29, 1.82) is 0 Å². The molecular formula is C15H15ClO4S. The fourth-order valence-electron chi connectivity index (χ4n) is 1.71. The van der Waals surface area contributed by atoms with Crippen LogP contribution in [0.3, 0.4) is 0 Å². The molecule has 0 aromatic heterocycles. The van der Waals surface area contributed by atoms with Crippen LogP contribution in [0.2, 0.25) is 5.02 Å². The maximum atomic E-state index is 12.0. The van der Waals surface area contributed by atoms with Gasteiger partial charge in [-0.3, -0.25) is 4.18 Å². The van der Waals surface area contributed by atoms with Gasteiger partial charge in [-0.15, -0.1) is 0 Å². The lowest BCUT2D eigenvalue weighted by atomic mass is 10.1. The van der Waals surface area contributed by atoms with Gasteiger partial charge in [0.2, 0.25) is 0 Å². The molecule has 0 spiro atoms. The molecule has 0 saturated carbocycles. The monoisotopic (exact) mass is 326 g/mol. The average Bonchev–Trinajstić information content (AvgIpc) is 2.46. The molecule has 2 aromatic rings. The first-order chi connectivity index (χ1) is 9.88. The quantitative estimate of drug-likeness (QED) is 0.858. The summed E-state index contributed by atoms with van der Waals surface area (Å²) in [5.74, 6) is 0. The van der Waals surface area contributed by atoms with Crippen molar-refractivity contribution >= 4 is 21.7 Å². The summed E-state index contributed by atoms with van der Waals surface area (Å²) in [4.78, 5) is 0.0661. The van der Waals surface area contributed by atoms with Crippen LogP contribution in [0.15, 0.2) is 53.4 Å². The zero-order chi connectivity index (χ0) is 15.5. The van der Waals surface area contributed by atoms with Crippen LogP contribution in [-0.2, 0) is 14.3 Å². The van der Waals surface area contributed by atoms with Gasteiger partial charge in [0.25, 0.3) is 10.1 Å². The minimum absolute atomic E-state index is 0.0661. The van der Waals surface area contributed by atoms with Crippen LogP contribution < -0.4 is 0 Å². The smallest absolute Gasteiger partial charge is 0.297 e. The van der Waals surface area contributed by atoms with E-state index in [0.29, 0.717) is 10.6 Å². The van der Waals surface area contributed by atoms with Crippen LogP contribution in [0.5, 0.6) is 0 Å². The molecular weight excluding hydrogens is 312 g/mol. The Kier molecular flexibility index (Phi) is 5.00. The molecule has 0 aliphatic heterocycles. The summed E-state index contributed by atoms with van der Waals surface area (Å²) < 4.78 is 28.8. The minimum Gasteiger partial charge on any atom is -0.386 e. The van der Waals surface area contributed by atoms with Gasteiger partial charge in [-0.1, -0.05) is 41.4 Å². The standard InChI is InChI=1S/C15H15ClO4S/c1-11-2-8-14(9-3-11)21(18,19)20-10-15(17)12-4-6-13(16)7-5-12/h2-9,15,17H,10H2,1H3. The molecule has 0 amide bonds. The summed E-state index contributed by atoms with van der Waals surface area (Å²) in [5.41, 5.74) is 1.49. The molecule has 1 unspecified atom stereocenters. The summed E-state index contributed by atoms with van der Waals surface area (Å²) in [5, 5.41) is 10.5. The highest BCUT2D eigenvalue weighted by Gasteiger charge is 2.18.